The first-order valence-corrected chi connectivity index (χ1v) is 4.92. The van der Waals surface area contributed by atoms with Crippen LogP contribution < -0.4 is 0 Å². The Morgan fingerprint density at radius 1 is 1.27 bits per heavy atom. The fourth-order valence-electron chi connectivity index (χ4n) is 1.15. The largest absolute Gasteiger partial charge is 0.481 e. The van der Waals surface area contributed by atoms with Gasteiger partial charge in [0.1, 0.15) is 0 Å². The predicted octanol–water partition coefficient (Wildman–Crippen LogP) is 3.20. The maximum atomic E-state index is 11.0. The van der Waals surface area contributed by atoms with Crippen molar-refractivity contribution in [3.8, 4) is 0 Å². The Labute approximate surface area is 90.3 Å². The van der Waals surface area contributed by atoms with Gasteiger partial charge in [-0.1, -0.05) is 42.0 Å². The summed E-state index contributed by atoms with van der Waals surface area (Å²) < 4.78 is 0. The van der Waals surface area contributed by atoms with Crippen LogP contribution in [-0.2, 0) is 4.79 Å². The normalized spacial score (nSPS) is 12.6. The molecule has 1 aromatic carbocycles. The second kappa shape index (κ2) is 4.30. The molecule has 2 heteroatoms. The number of hydrogen-bond donors (Lipinski definition) is 1. The lowest BCUT2D eigenvalue weighted by Crippen LogP contribution is -2.24. The minimum absolute atomic E-state index is 0.799. The van der Waals surface area contributed by atoms with Gasteiger partial charge in [-0.15, -0.1) is 0 Å². The molecule has 0 radical (unpaired) electrons. The predicted molar refractivity (Wildman–Crippen MR) is 61.5 cm³/mol. The van der Waals surface area contributed by atoms with E-state index in [4.69, 9.17) is 5.11 Å². The molecule has 1 N–H and O–H groups in total. The molecule has 0 atom stereocenters. The van der Waals surface area contributed by atoms with Crippen LogP contribution in [0.3, 0.4) is 0 Å². The summed E-state index contributed by atoms with van der Waals surface area (Å²) in [5.41, 5.74) is 1.07. The number of carboxylic acids is 1. The zero-order valence-corrected chi connectivity index (χ0v) is 9.32. The lowest BCUT2D eigenvalue weighted by molar-refractivity contribution is -0.144. The second-order valence-electron chi connectivity index (χ2n) is 4.17. The van der Waals surface area contributed by atoms with Gasteiger partial charge in [-0.3, -0.25) is 4.79 Å². The van der Waals surface area contributed by atoms with E-state index in [0.29, 0.717) is 0 Å². The van der Waals surface area contributed by atoms with Crippen LogP contribution in [0.4, 0.5) is 0 Å². The average Bonchev–Trinajstić information content (AvgIpc) is 2.18. The van der Waals surface area contributed by atoms with Crippen molar-refractivity contribution in [2.24, 2.45) is 5.41 Å². The SMILES string of the molecule is C/C(=C/c1ccccc1)C(C)(C)C(=O)O. The maximum Gasteiger partial charge on any atom is 0.313 e. The number of carboxylic acid groups (broad SMARTS) is 1. The Balaban J connectivity index is 2.99. The quantitative estimate of drug-likeness (QED) is 0.820. The third-order valence-electron chi connectivity index (χ3n) is 2.70. The molecule has 0 aromatic heterocycles. The molecule has 0 heterocycles. The first kappa shape index (κ1) is 11.5. The number of aliphatic carboxylic acids is 1. The lowest BCUT2D eigenvalue weighted by Gasteiger charge is -2.20. The summed E-state index contributed by atoms with van der Waals surface area (Å²) in [6.45, 7) is 5.27. The molecule has 0 aliphatic carbocycles. The van der Waals surface area contributed by atoms with Gasteiger partial charge in [0.15, 0.2) is 0 Å². The smallest absolute Gasteiger partial charge is 0.313 e. The fraction of sp³-hybridized carbons (Fsp3) is 0.308. The van der Waals surface area contributed by atoms with Crippen LogP contribution in [0.25, 0.3) is 6.08 Å². The van der Waals surface area contributed by atoms with E-state index in [-0.39, 0.29) is 0 Å². The molecular formula is C13H16O2. The van der Waals surface area contributed by atoms with Crippen molar-refractivity contribution < 1.29 is 9.90 Å². The van der Waals surface area contributed by atoms with E-state index in [0.717, 1.165) is 11.1 Å². The Hall–Kier alpha value is -1.57. The van der Waals surface area contributed by atoms with Gasteiger partial charge < -0.3 is 5.11 Å². The van der Waals surface area contributed by atoms with Crippen LogP contribution in [-0.4, -0.2) is 11.1 Å². The molecule has 0 saturated carbocycles. The van der Waals surface area contributed by atoms with Crippen LogP contribution >= 0.6 is 0 Å². The molecule has 0 amide bonds. The van der Waals surface area contributed by atoms with Gasteiger partial charge in [0.25, 0.3) is 0 Å². The molecule has 2 nitrogen and oxygen atoms in total. The Kier molecular flexibility index (Phi) is 3.30. The van der Waals surface area contributed by atoms with E-state index in [9.17, 15) is 4.79 Å². The highest BCUT2D eigenvalue weighted by Crippen LogP contribution is 2.27. The van der Waals surface area contributed by atoms with E-state index in [2.05, 4.69) is 0 Å². The van der Waals surface area contributed by atoms with Crippen molar-refractivity contribution in [2.75, 3.05) is 0 Å². The third-order valence-corrected chi connectivity index (χ3v) is 2.70. The molecule has 15 heavy (non-hydrogen) atoms. The van der Waals surface area contributed by atoms with Gasteiger partial charge in [0.2, 0.25) is 0 Å². The minimum Gasteiger partial charge on any atom is -0.481 e. The summed E-state index contributed by atoms with van der Waals surface area (Å²) in [5, 5.41) is 9.05. The number of carbonyl (C=O) groups is 1. The van der Waals surface area contributed by atoms with Gasteiger partial charge in [-0.05, 0) is 26.3 Å². The highest BCUT2D eigenvalue weighted by atomic mass is 16.4. The molecule has 0 spiro atoms. The Morgan fingerprint density at radius 3 is 2.27 bits per heavy atom. The van der Waals surface area contributed by atoms with Crippen LogP contribution in [0.15, 0.2) is 35.9 Å². The van der Waals surface area contributed by atoms with Crippen LogP contribution in [0, 0.1) is 5.41 Å². The average molecular weight is 204 g/mol. The van der Waals surface area contributed by atoms with E-state index >= 15 is 0 Å². The summed E-state index contributed by atoms with van der Waals surface area (Å²) >= 11 is 0. The molecule has 0 saturated heterocycles. The zero-order valence-electron chi connectivity index (χ0n) is 9.32. The minimum atomic E-state index is -0.810. The fourth-order valence-corrected chi connectivity index (χ4v) is 1.15. The van der Waals surface area contributed by atoms with Crippen molar-refractivity contribution in [1.29, 1.82) is 0 Å². The zero-order chi connectivity index (χ0) is 11.5. The molecule has 0 unspecified atom stereocenters. The maximum absolute atomic E-state index is 11.0. The van der Waals surface area contributed by atoms with Gasteiger partial charge in [-0.2, -0.15) is 0 Å². The summed E-state index contributed by atoms with van der Waals surface area (Å²) in [6, 6.07) is 9.73. The second-order valence-corrected chi connectivity index (χ2v) is 4.17. The van der Waals surface area contributed by atoms with Gasteiger partial charge in [-0.25, -0.2) is 0 Å². The van der Waals surface area contributed by atoms with Crippen molar-refractivity contribution in [1.82, 2.24) is 0 Å². The molecule has 1 aromatic rings. The van der Waals surface area contributed by atoms with Gasteiger partial charge in [0, 0.05) is 0 Å². The first-order chi connectivity index (χ1) is 6.94. The molecule has 0 aliphatic heterocycles. The Bertz CT molecular complexity index is 375. The molecule has 0 bridgehead atoms. The van der Waals surface area contributed by atoms with Crippen molar-refractivity contribution in [3.63, 3.8) is 0 Å². The molecule has 0 fully saturated rings. The highest BCUT2D eigenvalue weighted by Gasteiger charge is 2.28. The molecule has 0 aliphatic rings. The number of hydrogen-bond acceptors (Lipinski definition) is 1. The van der Waals surface area contributed by atoms with Crippen molar-refractivity contribution in [3.05, 3.63) is 41.5 Å². The first-order valence-electron chi connectivity index (χ1n) is 4.92. The van der Waals surface area contributed by atoms with E-state index < -0.39 is 11.4 Å². The molecule has 80 valence electrons. The summed E-state index contributed by atoms with van der Waals surface area (Å²) in [7, 11) is 0. The van der Waals surface area contributed by atoms with Crippen LogP contribution in [0.5, 0.6) is 0 Å². The number of benzene rings is 1. The van der Waals surface area contributed by atoms with Crippen molar-refractivity contribution in [2.45, 2.75) is 20.8 Å². The van der Waals surface area contributed by atoms with Crippen LogP contribution in [0.1, 0.15) is 26.3 Å². The molecular weight excluding hydrogens is 188 g/mol. The number of rotatable bonds is 3. The standard InChI is InChI=1S/C13H16O2/c1-10(13(2,3)12(14)15)9-11-7-5-4-6-8-11/h4-9H,1-3H3,(H,14,15)/b10-9-. The third kappa shape index (κ3) is 2.69. The van der Waals surface area contributed by atoms with Crippen molar-refractivity contribution >= 4 is 12.0 Å². The van der Waals surface area contributed by atoms with E-state index in [1.165, 1.54) is 0 Å². The lowest BCUT2D eigenvalue weighted by atomic mass is 9.84. The van der Waals surface area contributed by atoms with E-state index in [1.807, 2.05) is 43.3 Å². The Morgan fingerprint density at radius 2 is 1.80 bits per heavy atom. The van der Waals surface area contributed by atoms with Crippen LogP contribution in [0.2, 0.25) is 0 Å². The monoisotopic (exact) mass is 204 g/mol. The van der Waals surface area contributed by atoms with E-state index in [1.54, 1.807) is 13.8 Å². The highest BCUT2D eigenvalue weighted by molar-refractivity contribution is 5.79. The summed E-state index contributed by atoms with van der Waals surface area (Å²) in [6.07, 6.45) is 1.91. The topological polar surface area (TPSA) is 37.3 Å². The van der Waals surface area contributed by atoms with Gasteiger partial charge in [0.05, 0.1) is 5.41 Å². The summed E-state index contributed by atoms with van der Waals surface area (Å²) in [4.78, 5) is 11.0. The summed E-state index contributed by atoms with van der Waals surface area (Å²) in [5.74, 6) is -0.799. The molecule has 1 rings (SSSR count). The van der Waals surface area contributed by atoms with Gasteiger partial charge >= 0.3 is 5.97 Å².